The van der Waals surface area contributed by atoms with Crippen molar-refractivity contribution in [3.05, 3.63) is 58.7 Å². The Balaban J connectivity index is 2.02. The molecule has 2 rings (SSSR count). The van der Waals surface area contributed by atoms with Gasteiger partial charge in [0.2, 0.25) is 0 Å². The lowest BCUT2D eigenvalue weighted by Gasteiger charge is -2.11. The number of hydrogen-bond donors (Lipinski definition) is 0. The van der Waals surface area contributed by atoms with E-state index >= 15 is 0 Å². The van der Waals surface area contributed by atoms with Crippen LogP contribution in [0.1, 0.15) is 231 Å². The van der Waals surface area contributed by atoms with Crippen LogP contribution in [0.2, 0.25) is 0 Å². The molecule has 0 spiro atoms. The highest BCUT2D eigenvalue weighted by Gasteiger charge is 2.09. The molecule has 2 nitrogen and oxygen atoms in total. The van der Waals surface area contributed by atoms with Gasteiger partial charge < -0.3 is 0 Å². The zero-order valence-electron chi connectivity index (χ0n) is 36.6. The monoisotopic (exact) mass is 737 g/mol. The molecular weight excluding hydrogens is 653 g/mol. The predicted octanol–water partition coefficient (Wildman–Crippen LogP) is 17.0. The van der Waals surface area contributed by atoms with E-state index in [-0.39, 0.29) is 0 Å². The van der Waals surface area contributed by atoms with E-state index in [1.165, 1.54) is 183 Å². The predicted molar refractivity (Wildman–Crippen MR) is 244 cm³/mol. The van der Waals surface area contributed by atoms with Crippen molar-refractivity contribution in [1.82, 2.24) is 0 Å². The Kier molecular flexibility index (Phi) is 28.6. The zero-order chi connectivity index (χ0) is 38.9. The highest BCUT2D eigenvalue weighted by atomic mass is 14.8. The van der Waals surface area contributed by atoms with Crippen LogP contribution in [-0.2, 0) is 25.7 Å². The molecule has 302 valence electrons. The molecule has 0 amide bonds. The Labute approximate surface area is 336 Å². The fourth-order valence-electron chi connectivity index (χ4n) is 7.45. The van der Waals surface area contributed by atoms with Gasteiger partial charge in [-0.05, 0) is 117 Å². The number of unbranched alkanes of at least 4 members (excludes halogenated alkanes) is 21. The molecule has 0 N–H and O–H groups in total. The van der Waals surface area contributed by atoms with Crippen molar-refractivity contribution in [2.45, 2.75) is 234 Å². The van der Waals surface area contributed by atoms with Crippen LogP contribution in [0.4, 0.5) is 11.4 Å². The summed E-state index contributed by atoms with van der Waals surface area (Å²) < 4.78 is 0. The minimum Gasteiger partial charge on any atom is -0.251 e. The van der Waals surface area contributed by atoms with Crippen LogP contribution in [0.5, 0.6) is 0 Å². The van der Waals surface area contributed by atoms with Gasteiger partial charge in [-0.15, -0.1) is 0 Å². The molecule has 0 aliphatic carbocycles. The number of aryl methyl sites for hydroxylation is 4. The van der Waals surface area contributed by atoms with Gasteiger partial charge >= 0.3 is 0 Å². The molecule has 0 fully saturated rings. The van der Waals surface area contributed by atoms with Gasteiger partial charge in [0.05, 0.1) is 17.1 Å². The number of rotatable bonds is 32. The van der Waals surface area contributed by atoms with E-state index in [0.717, 1.165) is 54.9 Å². The molecular formula is C52H84N2. The van der Waals surface area contributed by atoms with Crippen molar-refractivity contribution >= 4 is 22.8 Å². The van der Waals surface area contributed by atoms with Crippen LogP contribution in [0.3, 0.4) is 0 Å². The Morgan fingerprint density at radius 1 is 0.407 bits per heavy atom. The van der Waals surface area contributed by atoms with Gasteiger partial charge in [0.25, 0.3) is 0 Å². The first-order valence-electron chi connectivity index (χ1n) is 23.4. The molecule has 2 heteroatoms. The first kappa shape index (κ1) is 47.5. The Bertz CT molecular complexity index is 1350. The SMILES string of the molecule is CCCCCCCCCCCCCCCCCCCC#CC(=Nc1ccc(CCCC)c(CCCC)c1)C(C)=Nc1ccc(CCCC)c(CCCC)c1. The van der Waals surface area contributed by atoms with Crippen LogP contribution >= 0.6 is 0 Å². The summed E-state index contributed by atoms with van der Waals surface area (Å²) in [5.74, 6) is 7.03. The molecule has 0 atom stereocenters. The lowest BCUT2D eigenvalue weighted by Crippen LogP contribution is -2.08. The molecule has 0 heterocycles. The van der Waals surface area contributed by atoms with Crippen molar-refractivity contribution < 1.29 is 0 Å². The summed E-state index contributed by atoms with van der Waals surface area (Å²) in [7, 11) is 0. The average Bonchev–Trinajstić information content (AvgIpc) is 3.18. The van der Waals surface area contributed by atoms with Gasteiger partial charge in [0.1, 0.15) is 5.71 Å². The third-order valence-electron chi connectivity index (χ3n) is 11.1. The quantitative estimate of drug-likeness (QED) is 0.0406. The maximum atomic E-state index is 5.20. The zero-order valence-corrected chi connectivity index (χ0v) is 36.6. The van der Waals surface area contributed by atoms with Crippen LogP contribution in [0.15, 0.2) is 46.4 Å². The summed E-state index contributed by atoms with van der Waals surface area (Å²) in [5.41, 5.74) is 9.67. The molecule has 0 radical (unpaired) electrons. The van der Waals surface area contributed by atoms with Gasteiger partial charge in [-0.3, -0.25) is 4.99 Å². The van der Waals surface area contributed by atoms with E-state index in [9.17, 15) is 0 Å². The molecule has 0 saturated carbocycles. The maximum Gasteiger partial charge on any atom is 0.135 e. The number of benzene rings is 2. The second-order valence-corrected chi connectivity index (χ2v) is 16.2. The number of hydrogen-bond acceptors (Lipinski definition) is 2. The Morgan fingerprint density at radius 3 is 1.17 bits per heavy atom. The van der Waals surface area contributed by atoms with Crippen LogP contribution < -0.4 is 0 Å². The Hall–Kier alpha value is -2.66. The number of nitrogens with zero attached hydrogens (tertiary/aromatic N) is 2. The van der Waals surface area contributed by atoms with Gasteiger partial charge in [0.15, 0.2) is 0 Å². The van der Waals surface area contributed by atoms with Crippen molar-refractivity contribution in [1.29, 1.82) is 0 Å². The summed E-state index contributed by atoms with van der Waals surface area (Å²) in [6, 6.07) is 13.7. The molecule has 0 aliphatic heterocycles. The van der Waals surface area contributed by atoms with E-state index in [1.54, 1.807) is 0 Å². The van der Waals surface area contributed by atoms with E-state index in [1.807, 2.05) is 0 Å². The molecule has 2 aromatic carbocycles. The molecule has 0 bridgehead atoms. The standard InChI is InChI=1S/C52H84N2/c1-7-12-17-18-19-20-21-22-23-24-25-26-27-28-29-30-31-32-33-38-52(54-51-42-40-47(35-14-9-3)49(44-51)37-16-11-5)45(6)53-50-41-39-46(34-13-8-2)48(43-50)36-15-10-4/h39-44H,7-32,34-37H2,1-6H3. The summed E-state index contributed by atoms with van der Waals surface area (Å²) >= 11 is 0. The highest BCUT2D eigenvalue weighted by molar-refractivity contribution is 6.48. The van der Waals surface area contributed by atoms with Crippen LogP contribution in [0.25, 0.3) is 0 Å². The third-order valence-corrected chi connectivity index (χ3v) is 11.1. The van der Waals surface area contributed by atoms with Crippen LogP contribution in [0, 0.1) is 11.8 Å². The fraction of sp³-hybridized carbons (Fsp3) is 0.692. The summed E-state index contributed by atoms with van der Waals surface area (Å²) in [6.07, 6.45) is 39.0. The van der Waals surface area contributed by atoms with Gasteiger partial charge in [-0.25, -0.2) is 4.99 Å². The fourth-order valence-corrected chi connectivity index (χ4v) is 7.45. The van der Waals surface area contributed by atoms with E-state index < -0.39 is 0 Å². The van der Waals surface area contributed by atoms with Crippen molar-refractivity contribution in [3.63, 3.8) is 0 Å². The van der Waals surface area contributed by atoms with Crippen molar-refractivity contribution in [3.8, 4) is 11.8 Å². The molecule has 0 aromatic heterocycles. The van der Waals surface area contributed by atoms with Gasteiger partial charge in [0, 0.05) is 6.42 Å². The lowest BCUT2D eigenvalue weighted by molar-refractivity contribution is 0.528. The van der Waals surface area contributed by atoms with Crippen LogP contribution in [-0.4, -0.2) is 11.4 Å². The molecule has 0 aliphatic rings. The normalized spacial score (nSPS) is 12.0. The van der Waals surface area contributed by atoms with Gasteiger partial charge in [-0.1, -0.05) is 181 Å². The largest absolute Gasteiger partial charge is 0.251 e. The number of aliphatic imine (C=N–C) groups is 2. The van der Waals surface area contributed by atoms with E-state index in [2.05, 4.69) is 89.8 Å². The van der Waals surface area contributed by atoms with Crippen molar-refractivity contribution in [2.24, 2.45) is 9.98 Å². The Morgan fingerprint density at radius 2 is 0.759 bits per heavy atom. The second kappa shape index (κ2) is 32.6. The first-order valence-corrected chi connectivity index (χ1v) is 23.4. The molecule has 2 aromatic rings. The first-order chi connectivity index (χ1) is 26.6. The smallest absolute Gasteiger partial charge is 0.135 e. The molecule has 0 unspecified atom stereocenters. The van der Waals surface area contributed by atoms with E-state index in [0.29, 0.717) is 0 Å². The summed E-state index contributed by atoms with van der Waals surface area (Å²) in [6.45, 7) is 13.5. The minimum atomic E-state index is 0.815. The lowest BCUT2D eigenvalue weighted by atomic mass is 9.97. The van der Waals surface area contributed by atoms with Crippen molar-refractivity contribution in [2.75, 3.05) is 0 Å². The summed E-state index contributed by atoms with van der Waals surface area (Å²) in [5, 5.41) is 0. The summed E-state index contributed by atoms with van der Waals surface area (Å²) in [4.78, 5) is 10.4. The third kappa shape index (κ3) is 22.0. The average molecular weight is 737 g/mol. The second-order valence-electron chi connectivity index (χ2n) is 16.2. The maximum absolute atomic E-state index is 5.20. The topological polar surface area (TPSA) is 24.7 Å². The molecule has 54 heavy (non-hydrogen) atoms. The van der Waals surface area contributed by atoms with Gasteiger partial charge in [-0.2, -0.15) is 0 Å². The minimum absolute atomic E-state index is 0.815. The highest BCUT2D eigenvalue weighted by Crippen LogP contribution is 2.25. The van der Waals surface area contributed by atoms with E-state index in [4.69, 9.17) is 9.98 Å². The molecule has 0 saturated heterocycles.